The van der Waals surface area contributed by atoms with Crippen molar-refractivity contribution in [2.45, 2.75) is 13.5 Å². The molecule has 4 aromatic rings. The van der Waals surface area contributed by atoms with Crippen molar-refractivity contribution in [3.63, 3.8) is 0 Å². The Labute approximate surface area is 199 Å². The number of anilines is 1. The molecule has 1 saturated heterocycles. The third-order valence-electron chi connectivity index (χ3n) is 5.69. The first-order chi connectivity index (χ1) is 14.7. The van der Waals surface area contributed by atoms with Gasteiger partial charge in [0.25, 0.3) is 0 Å². The van der Waals surface area contributed by atoms with Crippen LogP contribution in [-0.2, 0) is 6.54 Å². The number of benzene rings is 1. The van der Waals surface area contributed by atoms with Gasteiger partial charge in [-0.2, -0.15) is 4.52 Å². The van der Waals surface area contributed by atoms with Gasteiger partial charge >= 0.3 is 0 Å². The summed E-state index contributed by atoms with van der Waals surface area (Å²) < 4.78 is 6.96. The molecule has 0 radical (unpaired) electrons. The van der Waals surface area contributed by atoms with E-state index in [2.05, 4.69) is 50.0 Å². The Hall–Kier alpha value is -2.65. The van der Waals surface area contributed by atoms with Crippen LogP contribution in [0.2, 0.25) is 0 Å². The summed E-state index contributed by atoms with van der Waals surface area (Å²) in [6.45, 7) is 8.62. The van der Waals surface area contributed by atoms with Crippen molar-refractivity contribution in [1.29, 1.82) is 0 Å². The average molecular weight is 476 g/mol. The fourth-order valence-corrected chi connectivity index (χ4v) is 3.97. The molecule has 0 amide bonds. The lowest BCUT2D eigenvalue weighted by molar-refractivity contribution is 0.132. The molecule has 0 bridgehead atoms. The predicted octanol–water partition coefficient (Wildman–Crippen LogP) is 3.61. The maximum Gasteiger partial charge on any atom is 0.223 e. The van der Waals surface area contributed by atoms with Gasteiger partial charge in [-0.3, -0.25) is 4.90 Å². The minimum absolute atomic E-state index is 0. The molecule has 10 heteroatoms. The van der Waals surface area contributed by atoms with Crippen LogP contribution in [0.15, 0.2) is 53.1 Å². The molecule has 0 saturated carbocycles. The number of nitrogen functional groups attached to an aromatic ring is 1. The lowest BCUT2D eigenvalue weighted by atomic mass is 10.0. The monoisotopic (exact) mass is 475 g/mol. The van der Waals surface area contributed by atoms with Gasteiger partial charge in [-0.15, -0.1) is 29.9 Å². The highest BCUT2D eigenvalue weighted by Crippen LogP contribution is 2.26. The van der Waals surface area contributed by atoms with E-state index < -0.39 is 0 Å². The van der Waals surface area contributed by atoms with Crippen LogP contribution in [0.4, 0.5) is 5.95 Å². The molecule has 8 nitrogen and oxygen atoms in total. The molecule has 1 aromatic carbocycles. The van der Waals surface area contributed by atoms with Crippen molar-refractivity contribution in [1.82, 2.24) is 29.4 Å². The average Bonchev–Trinajstić information content (AvgIpc) is 3.45. The number of hydrogen-bond donors (Lipinski definition) is 1. The van der Waals surface area contributed by atoms with Crippen molar-refractivity contribution in [3.05, 3.63) is 54.3 Å². The zero-order valence-corrected chi connectivity index (χ0v) is 19.5. The van der Waals surface area contributed by atoms with E-state index in [-0.39, 0.29) is 24.8 Å². The minimum Gasteiger partial charge on any atom is -0.461 e. The quantitative estimate of drug-likeness (QED) is 0.471. The number of nitrogens with zero attached hydrogens (tertiary/aromatic N) is 6. The summed E-state index contributed by atoms with van der Waals surface area (Å²) in [4.78, 5) is 14.2. The summed E-state index contributed by atoms with van der Waals surface area (Å²) in [5.41, 5.74) is 10.0. The summed E-state index contributed by atoms with van der Waals surface area (Å²) in [6, 6.07) is 14.0. The molecule has 2 N–H and O–H groups in total. The second-order valence-corrected chi connectivity index (χ2v) is 7.55. The molecule has 170 valence electrons. The van der Waals surface area contributed by atoms with E-state index in [0.717, 1.165) is 50.5 Å². The second kappa shape index (κ2) is 10.3. The lowest BCUT2D eigenvalue weighted by Crippen LogP contribution is -2.45. The van der Waals surface area contributed by atoms with Crippen LogP contribution in [0.5, 0.6) is 0 Å². The zero-order valence-electron chi connectivity index (χ0n) is 17.8. The second-order valence-electron chi connectivity index (χ2n) is 7.55. The highest BCUT2D eigenvalue weighted by Gasteiger charge is 2.18. The van der Waals surface area contributed by atoms with E-state index in [1.54, 1.807) is 10.8 Å². The molecule has 1 aliphatic heterocycles. The van der Waals surface area contributed by atoms with Gasteiger partial charge in [-0.1, -0.05) is 31.2 Å². The van der Waals surface area contributed by atoms with Crippen LogP contribution in [-0.4, -0.2) is 62.1 Å². The predicted molar refractivity (Wildman–Crippen MR) is 130 cm³/mol. The number of likely N-dealkylation sites (N-methyl/N-ethyl adjacent to an activating group) is 1. The highest BCUT2D eigenvalue weighted by atomic mass is 35.5. The molecule has 0 aliphatic carbocycles. The van der Waals surface area contributed by atoms with E-state index >= 15 is 0 Å². The number of rotatable bonds is 5. The lowest BCUT2D eigenvalue weighted by Gasteiger charge is -2.34. The molecule has 5 rings (SSSR count). The smallest absolute Gasteiger partial charge is 0.223 e. The third kappa shape index (κ3) is 4.73. The standard InChI is InChI=1S/C22H25N7O.2ClH/c1-2-27-9-11-28(12-10-27)15-16-6-3-4-7-17(16)18-14-20-25-21(19-8-5-13-30-19)26-29(20)22(23)24-18;;/h3-8,13-14H,2,9-12,15H2,1H3,(H2,23,24);2*1H. The number of aromatic nitrogens is 4. The summed E-state index contributed by atoms with van der Waals surface area (Å²) in [7, 11) is 0. The van der Waals surface area contributed by atoms with Gasteiger partial charge in [-0.25, -0.2) is 9.97 Å². The van der Waals surface area contributed by atoms with Crippen molar-refractivity contribution in [2.75, 3.05) is 38.5 Å². The first kappa shape index (κ1) is 24.0. The Morgan fingerprint density at radius 1 is 0.969 bits per heavy atom. The van der Waals surface area contributed by atoms with Gasteiger partial charge in [0, 0.05) is 44.4 Å². The number of nitrogens with two attached hydrogens (primary N) is 1. The maximum atomic E-state index is 6.23. The van der Waals surface area contributed by atoms with Crippen LogP contribution >= 0.6 is 24.8 Å². The Morgan fingerprint density at radius 2 is 1.72 bits per heavy atom. The van der Waals surface area contributed by atoms with Crippen molar-refractivity contribution >= 4 is 36.4 Å². The normalized spacial score (nSPS) is 14.8. The van der Waals surface area contributed by atoms with E-state index in [4.69, 9.17) is 10.2 Å². The number of halogens is 2. The molecular weight excluding hydrogens is 449 g/mol. The minimum atomic E-state index is 0. The zero-order chi connectivity index (χ0) is 20.5. The topological polar surface area (TPSA) is 88.7 Å². The van der Waals surface area contributed by atoms with E-state index in [0.29, 0.717) is 23.2 Å². The summed E-state index contributed by atoms with van der Waals surface area (Å²) in [5, 5.41) is 4.43. The SMILES string of the molecule is CCN1CCN(Cc2ccccc2-c2cc3nc(-c4ccco4)nn3c(N)n2)CC1.Cl.Cl. The van der Waals surface area contributed by atoms with Crippen LogP contribution < -0.4 is 5.73 Å². The Bertz CT molecular complexity index is 1150. The molecule has 0 unspecified atom stereocenters. The van der Waals surface area contributed by atoms with E-state index in [9.17, 15) is 0 Å². The number of furan rings is 1. The van der Waals surface area contributed by atoms with Gasteiger partial charge in [0.05, 0.1) is 12.0 Å². The van der Waals surface area contributed by atoms with Crippen LogP contribution in [0.3, 0.4) is 0 Å². The van der Waals surface area contributed by atoms with Gasteiger partial charge in [-0.05, 0) is 24.2 Å². The fourth-order valence-electron chi connectivity index (χ4n) is 3.97. The van der Waals surface area contributed by atoms with Crippen LogP contribution in [0, 0.1) is 0 Å². The van der Waals surface area contributed by atoms with E-state index in [1.807, 2.05) is 24.3 Å². The summed E-state index contributed by atoms with van der Waals surface area (Å²) in [6.07, 6.45) is 1.60. The molecule has 0 spiro atoms. The van der Waals surface area contributed by atoms with Crippen molar-refractivity contribution < 1.29 is 4.42 Å². The first-order valence-corrected chi connectivity index (χ1v) is 10.3. The van der Waals surface area contributed by atoms with E-state index in [1.165, 1.54) is 5.56 Å². The summed E-state index contributed by atoms with van der Waals surface area (Å²) >= 11 is 0. The Kier molecular flexibility index (Phi) is 7.73. The number of fused-ring (bicyclic) bond motifs is 1. The first-order valence-electron chi connectivity index (χ1n) is 10.3. The molecule has 1 aliphatic rings. The van der Waals surface area contributed by atoms with Gasteiger partial charge in [0.2, 0.25) is 11.8 Å². The maximum absolute atomic E-state index is 6.23. The molecule has 32 heavy (non-hydrogen) atoms. The third-order valence-corrected chi connectivity index (χ3v) is 5.69. The van der Waals surface area contributed by atoms with Gasteiger partial charge in [0.1, 0.15) is 0 Å². The van der Waals surface area contributed by atoms with Gasteiger partial charge in [0.15, 0.2) is 11.4 Å². The highest BCUT2D eigenvalue weighted by molar-refractivity contribution is 5.85. The van der Waals surface area contributed by atoms with Crippen molar-refractivity contribution in [2.24, 2.45) is 0 Å². The van der Waals surface area contributed by atoms with Crippen LogP contribution in [0.25, 0.3) is 28.5 Å². The number of piperazine rings is 1. The largest absolute Gasteiger partial charge is 0.461 e. The number of hydrogen-bond acceptors (Lipinski definition) is 7. The molecular formula is C22H27Cl2N7O. The van der Waals surface area contributed by atoms with Gasteiger partial charge < -0.3 is 15.1 Å². The van der Waals surface area contributed by atoms with Crippen molar-refractivity contribution in [3.8, 4) is 22.8 Å². The van der Waals surface area contributed by atoms with Crippen LogP contribution in [0.1, 0.15) is 12.5 Å². The molecule has 1 fully saturated rings. The molecule has 3 aromatic heterocycles. The Balaban J connectivity index is 0.00000144. The molecule has 4 heterocycles. The summed E-state index contributed by atoms with van der Waals surface area (Å²) in [5.74, 6) is 1.40. The fraction of sp³-hybridized carbons (Fsp3) is 0.318. The molecule has 0 atom stereocenters. The Morgan fingerprint density at radius 3 is 2.44 bits per heavy atom.